The molecule has 0 aromatic carbocycles. The molecule has 2 atom stereocenters. The van der Waals surface area contributed by atoms with Crippen LogP contribution in [0.4, 0.5) is 5.95 Å². The van der Waals surface area contributed by atoms with Crippen LogP contribution >= 0.6 is 0 Å². The minimum Gasteiger partial charge on any atom is -0.481 e. The molecule has 2 rings (SSSR count). The van der Waals surface area contributed by atoms with E-state index in [9.17, 15) is 9.59 Å². The molecule has 18 heavy (non-hydrogen) atoms. The fraction of sp³-hybridized carbons (Fsp3) is 0.545. The number of carboxylic acids is 1. The largest absolute Gasteiger partial charge is 0.481 e. The number of aliphatic carboxylic acids is 1. The van der Waals surface area contributed by atoms with Crippen molar-refractivity contribution in [3.8, 4) is 0 Å². The Morgan fingerprint density at radius 2 is 2.06 bits per heavy atom. The fourth-order valence-corrected chi connectivity index (χ4v) is 2.17. The second-order valence-electron chi connectivity index (χ2n) is 4.35. The van der Waals surface area contributed by atoms with Gasteiger partial charge in [0.25, 0.3) is 0 Å². The summed E-state index contributed by atoms with van der Waals surface area (Å²) < 4.78 is 0. The highest BCUT2D eigenvalue weighted by Gasteiger charge is 2.31. The predicted molar refractivity (Wildman–Crippen MR) is 61.5 cm³/mol. The lowest BCUT2D eigenvalue weighted by Gasteiger charge is -2.25. The van der Waals surface area contributed by atoms with Crippen LogP contribution in [0.1, 0.15) is 25.7 Å². The highest BCUT2D eigenvalue weighted by Crippen LogP contribution is 2.29. The molecule has 0 saturated heterocycles. The van der Waals surface area contributed by atoms with E-state index >= 15 is 0 Å². The molecule has 2 unspecified atom stereocenters. The van der Waals surface area contributed by atoms with Gasteiger partial charge in [-0.1, -0.05) is 6.42 Å². The normalized spacial score (nSPS) is 23.3. The number of anilines is 1. The lowest BCUT2D eigenvalue weighted by atomic mass is 9.81. The number of carbonyl (C=O) groups is 2. The smallest absolute Gasteiger partial charge is 0.306 e. The molecular weight excluding hydrogens is 236 g/mol. The van der Waals surface area contributed by atoms with Gasteiger partial charge in [0.2, 0.25) is 11.9 Å². The summed E-state index contributed by atoms with van der Waals surface area (Å²) in [6, 6.07) is 0. The highest BCUT2D eigenvalue weighted by atomic mass is 16.4. The van der Waals surface area contributed by atoms with Gasteiger partial charge >= 0.3 is 5.97 Å². The van der Waals surface area contributed by atoms with Crippen LogP contribution in [0, 0.1) is 11.8 Å². The maximum atomic E-state index is 11.9. The van der Waals surface area contributed by atoms with Gasteiger partial charge in [-0.2, -0.15) is 5.10 Å². The van der Waals surface area contributed by atoms with Crippen LogP contribution in [0.3, 0.4) is 0 Å². The Morgan fingerprint density at radius 1 is 1.28 bits per heavy atom. The summed E-state index contributed by atoms with van der Waals surface area (Å²) in [6.45, 7) is 0. The Bertz CT molecular complexity index is 437. The molecule has 1 saturated carbocycles. The third-order valence-corrected chi connectivity index (χ3v) is 3.11. The molecule has 7 nitrogen and oxygen atoms in total. The van der Waals surface area contributed by atoms with Crippen LogP contribution in [-0.4, -0.2) is 32.2 Å². The minimum atomic E-state index is -0.829. The van der Waals surface area contributed by atoms with Gasteiger partial charge in [-0.25, -0.2) is 4.98 Å². The first-order valence-electron chi connectivity index (χ1n) is 5.84. The fourth-order valence-electron chi connectivity index (χ4n) is 2.17. The highest BCUT2D eigenvalue weighted by molar-refractivity contribution is 5.91. The van der Waals surface area contributed by atoms with Crippen molar-refractivity contribution in [2.24, 2.45) is 11.8 Å². The summed E-state index contributed by atoms with van der Waals surface area (Å²) in [6.07, 6.45) is 5.32. The molecule has 0 radical (unpaired) electrons. The third kappa shape index (κ3) is 2.99. The van der Waals surface area contributed by atoms with Crippen molar-refractivity contribution in [3.63, 3.8) is 0 Å². The first-order valence-corrected chi connectivity index (χ1v) is 5.84. The van der Waals surface area contributed by atoms with Crippen molar-refractivity contribution in [2.75, 3.05) is 5.32 Å². The van der Waals surface area contributed by atoms with Gasteiger partial charge in [0, 0.05) is 5.92 Å². The standard InChI is InChI=1S/C11H14N4O3/c16-9(14-11-12-4-5-13-15-11)7-2-1-3-8(6-7)10(17)18/h4-5,7-8H,1-3,6H2,(H,17,18)(H,12,14,15,16). The van der Waals surface area contributed by atoms with E-state index in [2.05, 4.69) is 20.5 Å². The maximum Gasteiger partial charge on any atom is 0.306 e. The van der Waals surface area contributed by atoms with Crippen molar-refractivity contribution >= 4 is 17.8 Å². The SMILES string of the molecule is O=C(O)C1CCCC(C(=O)Nc2nccnn2)C1. The zero-order valence-corrected chi connectivity index (χ0v) is 9.74. The molecule has 0 aliphatic heterocycles. The van der Waals surface area contributed by atoms with Gasteiger partial charge in [0.05, 0.1) is 18.3 Å². The maximum absolute atomic E-state index is 11.9. The Morgan fingerprint density at radius 3 is 2.72 bits per heavy atom. The minimum absolute atomic E-state index is 0.153. The first kappa shape index (κ1) is 12.4. The van der Waals surface area contributed by atoms with Gasteiger partial charge < -0.3 is 5.11 Å². The monoisotopic (exact) mass is 250 g/mol. The van der Waals surface area contributed by atoms with Gasteiger partial charge in [-0.05, 0) is 19.3 Å². The number of amides is 1. The molecule has 7 heteroatoms. The molecule has 1 aromatic rings. The molecule has 2 N–H and O–H groups in total. The van der Waals surface area contributed by atoms with Crippen LogP contribution < -0.4 is 5.32 Å². The molecular formula is C11H14N4O3. The second kappa shape index (κ2) is 5.52. The van der Waals surface area contributed by atoms with Crippen molar-refractivity contribution in [3.05, 3.63) is 12.4 Å². The van der Waals surface area contributed by atoms with Crippen LogP contribution in [0.2, 0.25) is 0 Å². The number of hydrogen-bond donors (Lipinski definition) is 2. The number of aromatic nitrogens is 3. The average Bonchev–Trinajstić information content (AvgIpc) is 2.40. The van der Waals surface area contributed by atoms with E-state index in [0.717, 1.165) is 6.42 Å². The Labute approximate surface area is 104 Å². The number of carboxylic acid groups (broad SMARTS) is 1. The summed E-state index contributed by atoms with van der Waals surface area (Å²) in [5.41, 5.74) is 0. The molecule has 1 aromatic heterocycles. The summed E-state index contributed by atoms with van der Waals surface area (Å²) >= 11 is 0. The third-order valence-electron chi connectivity index (χ3n) is 3.11. The van der Waals surface area contributed by atoms with Gasteiger partial charge in [-0.3, -0.25) is 14.9 Å². The van der Waals surface area contributed by atoms with E-state index in [1.165, 1.54) is 12.4 Å². The van der Waals surface area contributed by atoms with Crippen LogP contribution in [0.5, 0.6) is 0 Å². The summed E-state index contributed by atoms with van der Waals surface area (Å²) in [4.78, 5) is 26.7. The van der Waals surface area contributed by atoms with E-state index < -0.39 is 11.9 Å². The summed E-state index contributed by atoms with van der Waals surface area (Å²) in [7, 11) is 0. The van der Waals surface area contributed by atoms with Crippen molar-refractivity contribution in [1.29, 1.82) is 0 Å². The Kier molecular flexibility index (Phi) is 3.81. The molecule has 96 valence electrons. The van der Waals surface area contributed by atoms with Gasteiger partial charge in [0.1, 0.15) is 0 Å². The first-order chi connectivity index (χ1) is 8.66. The van der Waals surface area contributed by atoms with Crippen LogP contribution in [0.15, 0.2) is 12.4 Å². The quantitative estimate of drug-likeness (QED) is 0.818. The van der Waals surface area contributed by atoms with Gasteiger partial charge in [0.15, 0.2) is 0 Å². The lowest BCUT2D eigenvalue weighted by molar-refractivity contribution is -0.143. The van der Waals surface area contributed by atoms with E-state index in [1.54, 1.807) is 0 Å². The van der Waals surface area contributed by atoms with Crippen molar-refractivity contribution in [2.45, 2.75) is 25.7 Å². The topological polar surface area (TPSA) is 105 Å². The zero-order valence-electron chi connectivity index (χ0n) is 9.74. The molecule has 1 aliphatic rings. The van der Waals surface area contributed by atoms with E-state index in [4.69, 9.17) is 5.11 Å². The number of nitrogens with one attached hydrogen (secondary N) is 1. The van der Waals surface area contributed by atoms with Crippen molar-refractivity contribution in [1.82, 2.24) is 15.2 Å². The molecule has 1 heterocycles. The van der Waals surface area contributed by atoms with E-state index in [0.29, 0.717) is 19.3 Å². The predicted octanol–water partition coefficient (Wildman–Crippen LogP) is 0.701. The van der Waals surface area contributed by atoms with Crippen LogP contribution in [0.25, 0.3) is 0 Å². The van der Waals surface area contributed by atoms with Crippen LogP contribution in [-0.2, 0) is 9.59 Å². The zero-order chi connectivity index (χ0) is 13.0. The molecule has 1 aliphatic carbocycles. The summed E-state index contributed by atoms with van der Waals surface area (Å²) in [5, 5.41) is 18.8. The number of nitrogens with zero attached hydrogens (tertiary/aromatic N) is 3. The average molecular weight is 250 g/mol. The molecule has 1 fully saturated rings. The lowest BCUT2D eigenvalue weighted by Crippen LogP contribution is -2.31. The van der Waals surface area contributed by atoms with E-state index in [1.807, 2.05) is 0 Å². The second-order valence-corrected chi connectivity index (χ2v) is 4.35. The Balaban J connectivity index is 1.95. The molecule has 0 spiro atoms. The van der Waals surface area contributed by atoms with Crippen molar-refractivity contribution < 1.29 is 14.7 Å². The molecule has 0 bridgehead atoms. The summed E-state index contributed by atoms with van der Waals surface area (Å²) in [5.74, 6) is -1.62. The Hall–Kier alpha value is -2.05. The van der Waals surface area contributed by atoms with Gasteiger partial charge in [-0.15, -0.1) is 5.10 Å². The molecule has 1 amide bonds. The van der Waals surface area contributed by atoms with E-state index in [-0.39, 0.29) is 17.8 Å². The number of rotatable bonds is 3. The number of carbonyl (C=O) groups excluding carboxylic acids is 1. The number of hydrogen-bond acceptors (Lipinski definition) is 5.